The highest BCUT2D eigenvalue weighted by Gasteiger charge is 2.51. The van der Waals surface area contributed by atoms with E-state index < -0.39 is 7.26 Å². The van der Waals surface area contributed by atoms with Crippen LogP contribution >= 0.6 is 7.26 Å². The van der Waals surface area contributed by atoms with Crippen LogP contribution in [0.25, 0.3) is 10.8 Å². The average Bonchev–Trinajstić information content (AvgIpc) is 2.88. The van der Waals surface area contributed by atoms with Crippen molar-refractivity contribution in [3.8, 4) is 0 Å². The summed E-state index contributed by atoms with van der Waals surface area (Å²) in [6, 6.07) is 44.9. The van der Waals surface area contributed by atoms with Crippen LogP contribution in [0.4, 0.5) is 0 Å². The smallest absolute Gasteiger partial charge is 0.0620 e. The summed E-state index contributed by atoms with van der Waals surface area (Å²) in [5.74, 6) is 0. The molecule has 0 saturated carbocycles. The van der Waals surface area contributed by atoms with Crippen LogP contribution in [-0.4, -0.2) is 0 Å². The zero-order chi connectivity index (χ0) is 22.8. The minimum atomic E-state index is -1.99. The predicted molar refractivity (Wildman–Crippen MR) is 147 cm³/mol. The fourth-order valence-electron chi connectivity index (χ4n) is 5.48. The molecular formula is C32H30P+. The van der Waals surface area contributed by atoms with Crippen LogP contribution in [0.2, 0.25) is 0 Å². The van der Waals surface area contributed by atoms with Gasteiger partial charge in [0.05, 0.1) is 0 Å². The molecule has 1 atom stereocenters. The van der Waals surface area contributed by atoms with Gasteiger partial charge < -0.3 is 0 Å². The molecule has 5 rings (SSSR count). The first-order valence-corrected chi connectivity index (χ1v) is 13.5. The predicted octanol–water partition coefficient (Wildman–Crippen LogP) is 7.51. The van der Waals surface area contributed by atoms with Gasteiger partial charge in [-0.1, -0.05) is 84.9 Å². The normalized spacial score (nSPS) is 12.6. The molecular weight excluding hydrogens is 415 g/mol. The van der Waals surface area contributed by atoms with Crippen molar-refractivity contribution in [1.82, 2.24) is 0 Å². The first-order chi connectivity index (χ1) is 16.1. The molecule has 0 fully saturated rings. The molecule has 5 aromatic rings. The largest absolute Gasteiger partial charge is 0.119 e. The molecule has 0 saturated heterocycles. The molecule has 0 radical (unpaired) electrons. The van der Waals surface area contributed by atoms with Gasteiger partial charge in [-0.25, -0.2) is 0 Å². The summed E-state index contributed by atoms with van der Waals surface area (Å²) in [6.45, 7) is 7.02. The Balaban J connectivity index is 1.88. The maximum absolute atomic E-state index is 2.46. The van der Waals surface area contributed by atoms with Gasteiger partial charge in [0.15, 0.2) is 0 Å². The molecule has 0 spiro atoms. The molecule has 0 N–H and O–H groups in total. The number of hydrogen-bond acceptors (Lipinski definition) is 0. The molecule has 0 aliphatic rings. The Kier molecular flexibility index (Phi) is 5.88. The Labute approximate surface area is 198 Å². The highest BCUT2D eigenvalue weighted by molar-refractivity contribution is 7.95. The second-order valence-corrected chi connectivity index (χ2v) is 12.6. The van der Waals surface area contributed by atoms with Crippen molar-refractivity contribution >= 4 is 33.9 Å². The number of aryl methyl sites for hydroxylation is 2. The van der Waals surface area contributed by atoms with Crippen molar-refractivity contribution in [2.24, 2.45) is 0 Å². The van der Waals surface area contributed by atoms with Crippen LogP contribution < -0.4 is 15.9 Å². The number of benzene rings is 5. The van der Waals surface area contributed by atoms with Crippen molar-refractivity contribution in [2.75, 3.05) is 0 Å². The maximum Gasteiger partial charge on any atom is 0.119 e. The fraction of sp³-hybridized carbons (Fsp3) is 0.125. The highest BCUT2D eigenvalue weighted by atomic mass is 31.2. The fourth-order valence-corrected chi connectivity index (χ4v) is 10.3. The second kappa shape index (κ2) is 8.97. The Morgan fingerprint density at radius 2 is 0.909 bits per heavy atom. The molecule has 0 amide bonds. The van der Waals surface area contributed by atoms with E-state index in [1.54, 1.807) is 0 Å². The van der Waals surface area contributed by atoms with Gasteiger partial charge in [0.2, 0.25) is 0 Å². The summed E-state index contributed by atoms with van der Waals surface area (Å²) in [5.41, 5.74) is 4.53. The number of hydrogen-bond donors (Lipinski definition) is 0. The van der Waals surface area contributed by atoms with Gasteiger partial charge in [-0.05, 0) is 84.6 Å². The van der Waals surface area contributed by atoms with Crippen LogP contribution in [0.5, 0.6) is 0 Å². The SMILES string of the molecule is Cc1cc(C(C)[P+](c2ccccc2)(c2ccccc2)c2ccccc2)c(C)c2ccccc12. The topological polar surface area (TPSA) is 0 Å². The first-order valence-electron chi connectivity index (χ1n) is 11.7. The zero-order valence-corrected chi connectivity index (χ0v) is 20.5. The maximum atomic E-state index is 2.46. The molecule has 0 nitrogen and oxygen atoms in total. The Morgan fingerprint density at radius 1 is 0.515 bits per heavy atom. The van der Waals surface area contributed by atoms with E-state index >= 15 is 0 Å². The summed E-state index contributed by atoms with van der Waals surface area (Å²) < 4.78 is 0. The third-order valence-corrected chi connectivity index (χ3v) is 11.9. The molecule has 33 heavy (non-hydrogen) atoms. The van der Waals surface area contributed by atoms with Crippen LogP contribution in [0.1, 0.15) is 29.3 Å². The Hall–Kier alpha value is -3.21. The third kappa shape index (κ3) is 3.60. The van der Waals surface area contributed by atoms with Crippen LogP contribution in [0, 0.1) is 13.8 Å². The molecule has 0 aliphatic heterocycles. The first kappa shape index (κ1) is 21.6. The average molecular weight is 446 g/mol. The molecule has 162 valence electrons. The van der Waals surface area contributed by atoms with E-state index in [2.05, 4.69) is 142 Å². The van der Waals surface area contributed by atoms with E-state index in [0.717, 1.165) is 0 Å². The lowest BCUT2D eigenvalue weighted by Crippen LogP contribution is -2.34. The summed E-state index contributed by atoms with van der Waals surface area (Å²) in [5, 5.41) is 7.01. The van der Waals surface area contributed by atoms with E-state index in [0.29, 0.717) is 5.66 Å². The van der Waals surface area contributed by atoms with E-state index in [9.17, 15) is 0 Å². The van der Waals surface area contributed by atoms with Gasteiger partial charge in [0.1, 0.15) is 28.8 Å². The number of fused-ring (bicyclic) bond motifs is 1. The quantitative estimate of drug-likeness (QED) is 0.246. The Bertz CT molecular complexity index is 1280. The molecule has 0 bridgehead atoms. The number of rotatable bonds is 5. The van der Waals surface area contributed by atoms with Crippen LogP contribution in [-0.2, 0) is 0 Å². The Morgan fingerprint density at radius 3 is 1.36 bits per heavy atom. The molecule has 0 heterocycles. The summed E-state index contributed by atoms with van der Waals surface area (Å²) in [4.78, 5) is 0. The second-order valence-electron chi connectivity index (χ2n) is 8.86. The minimum absolute atomic E-state index is 0.327. The zero-order valence-electron chi connectivity index (χ0n) is 19.6. The van der Waals surface area contributed by atoms with Crippen molar-refractivity contribution in [1.29, 1.82) is 0 Å². The van der Waals surface area contributed by atoms with Gasteiger partial charge in [0, 0.05) is 0 Å². The third-order valence-electron chi connectivity index (χ3n) is 7.08. The molecule has 0 aromatic heterocycles. The lowest BCUT2D eigenvalue weighted by molar-refractivity contribution is 1.06. The lowest BCUT2D eigenvalue weighted by atomic mass is 9.95. The van der Waals surface area contributed by atoms with Gasteiger partial charge in [-0.2, -0.15) is 0 Å². The molecule has 0 aliphatic carbocycles. The molecule has 1 unspecified atom stereocenters. The highest BCUT2D eigenvalue weighted by Crippen LogP contribution is 2.67. The monoisotopic (exact) mass is 445 g/mol. The summed E-state index contributed by atoms with van der Waals surface area (Å²) >= 11 is 0. The summed E-state index contributed by atoms with van der Waals surface area (Å²) in [7, 11) is -1.99. The van der Waals surface area contributed by atoms with Crippen molar-refractivity contribution in [3.63, 3.8) is 0 Å². The standard InChI is InChI=1S/C32H30P/c1-24-23-32(25(2)31-22-14-13-21-30(24)31)26(3)33(27-15-7-4-8-16-27,28-17-9-5-10-18-28)29-19-11-6-12-20-29/h4-23,26H,1-3H3/q+1. The van der Waals surface area contributed by atoms with Gasteiger partial charge in [-0.3, -0.25) is 0 Å². The lowest BCUT2D eigenvalue weighted by Gasteiger charge is -2.34. The van der Waals surface area contributed by atoms with Crippen molar-refractivity contribution in [3.05, 3.63) is 138 Å². The van der Waals surface area contributed by atoms with Gasteiger partial charge in [0.25, 0.3) is 0 Å². The van der Waals surface area contributed by atoms with Crippen LogP contribution in [0.15, 0.2) is 121 Å². The van der Waals surface area contributed by atoms with Crippen LogP contribution in [0.3, 0.4) is 0 Å². The van der Waals surface area contributed by atoms with E-state index in [1.807, 2.05) is 0 Å². The molecule has 5 aromatic carbocycles. The van der Waals surface area contributed by atoms with Crippen molar-refractivity contribution < 1.29 is 0 Å². The molecule has 1 heteroatoms. The van der Waals surface area contributed by atoms with E-state index in [4.69, 9.17) is 0 Å². The van der Waals surface area contributed by atoms with Gasteiger partial charge >= 0.3 is 0 Å². The van der Waals surface area contributed by atoms with Gasteiger partial charge in [-0.15, -0.1) is 0 Å². The van der Waals surface area contributed by atoms with Crippen molar-refractivity contribution in [2.45, 2.75) is 26.4 Å². The minimum Gasteiger partial charge on any atom is -0.0620 e. The van der Waals surface area contributed by atoms with E-state index in [-0.39, 0.29) is 0 Å². The summed E-state index contributed by atoms with van der Waals surface area (Å²) in [6.07, 6.45) is 0. The van der Waals surface area contributed by atoms with E-state index in [1.165, 1.54) is 43.4 Å².